The van der Waals surface area contributed by atoms with Crippen molar-refractivity contribution in [3.05, 3.63) is 29.3 Å². The normalized spacial score (nSPS) is 20.8. The third-order valence-corrected chi connectivity index (χ3v) is 3.01. The summed E-state index contributed by atoms with van der Waals surface area (Å²) in [6, 6.07) is 4.44. The Bertz CT molecular complexity index is 617. The van der Waals surface area contributed by atoms with Crippen molar-refractivity contribution in [1.29, 1.82) is 5.26 Å². The number of hydrogen-bond acceptors (Lipinski definition) is 4. The second-order valence-electron chi connectivity index (χ2n) is 5.31. The first-order valence-corrected chi connectivity index (χ1v) is 6.13. The number of benzene rings is 1. The molecule has 0 aromatic heterocycles. The van der Waals surface area contributed by atoms with E-state index in [4.69, 9.17) is 14.7 Å². The minimum absolute atomic E-state index is 0.124. The highest BCUT2D eigenvalue weighted by Crippen LogP contribution is 2.35. The highest BCUT2D eigenvalue weighted by atomic mass is 19.4. The van der Waals surface area contributed by atoms with Crippen molar-refractivity contribution >= 4 is 5.97 Å². The zero-order chi connectivity index (χ0) is 15.8. The van der Waals surface area contributed by atoms with Gasteiger partial charge in [-0.1, -0.05) is 0 Å². The number of nitrogens with zero attached hydrogens (tertiary/aromatic N) is 1. The number of ether oxygens (including phenoxy) is 2. The maximum absolute atomic E-state index is 12.8. The lowest BCUT2D eigenvalue weighted by Crippen LogP contribution is -2.22. The molecule has 1 aliphatic heterocycles. The van der Waals surface area contributed by atoms with Crippen LogP contribution in [0.5, 0.6) is 5.75 Å². The molecular formula is C14H12F3NO3. The monoisotopic (exact) mass is 299 g/mol. The zero-order valence-electron chi connectivity index (χ0n) is 11.3. The number of nitriles is 1. The van der Waals surface area contributed by atoms with E-state index in [1.165, 1.54) is 12.1 Å². The maximum atomic E-state index is 12.8. The van der Waals surface area contributed by atoms with Crippen LogP contribution in [0.3, 0.4) is 0 Å². The van der Waals surface area contributed by atoms with Crippen LogP contribution in [-0.2, 0) is 15.7 Å². The lowest BCUT2D eigenvalue weighted by atomic mass is 10.0. The quantitative estimate of drug-likeness (QED) is 0.788. The van der Waals surface area contributed by atoms with Gasteiger partial charge in [0.25, 0.3) is 0 Å². The number of alkyl halides is 3. The van der Waals surface area contributed by atoms with Gasteiger partial charge in [-0.15, -0.1) is 0 Å². The molecule has 4 nitrogen and oxygen atoms in total. The van der Waals surface area contributed by atoms with E-state index in [-0.39, 0.29) is 12.2 Å². The number of cyclic esters (lactones) is 1. The largest absolute Gasteiger partial charge is 0.479 e. The molecule has 1 aromatic rings. The van der Waals surface area contributed by atoms with Crippen molar-refractivity contribution in [2.45, 2.75) is 38.1 Å². The van der Waals surface area contributed by atoms with E-state index in [0.29, 0.717) is 0 Å². The van der Waals surface area contributed by atoms with Crippen molar-refractivity contribution in [2.24, 2.45) is 0 Å². The van der Waals surface area contributed by atoms with Crippen LogP contribution in [0.25, 0.3) is 0 Å². The Hall–Kier alpha value is -2.23. The molecule has 0 amide bonds. The molecule has 1 fully saturated rings. The summed E-state index contributed by atoms with van der Waals surface area (Å²) in [5, 5.41) is 8.70. The predicted octanol–water partition coefficient (Wildman–Crippen LogP) is 3.05. The second kappa shape index (κ2) is 4.95. The van der Waals surface area contributed by atoms with Gasteiger partial charge in [-0.05, 0) is 32.0 Å². The molecule has 0 saturated carbocycles. The van der Waals surface area contributed by atoms with E-state index in [1.54, 1.807) is 13.8 Å². The maximum Gasteiger partial charge on any atom is 0.417 e. The van der Waals surface area contributed by atoms with E-state index in [0.717, 1.165) is 12.1 Å². The molecule has 1 atom stereocenters. The lowest BCUT2D eigenvalue weighted by molar-refractivity contribution is -0.150. The van der Waals surface area contributed by atoms with E-state index in [1.807, 2.05) is 0 Å². The SMILES string of the molecule is CC1(C)CC(Oc2ccc(C#N)c(C(F)(F)F)c2)C(=O)O1. The average Bonchev–Trinajstić information content (AvgIpc) is 2.61. The fourth-order valence-corrected chi connectivity index (χ4v) is 2.09. The van der Waals surface area contributed by atoms with Crippen LogP contribution in [0, 0.1) is 11.3 Å². The van der Waals surface area contributed by atoms with Gasteiger partial charge in [-0.2, -0.15) is 18.4 Å². The highest BCUT2D eigenvalue weighted by molar-refractivity contribution is 5.78. The van der Waals surface area contributed by atoms with Gasteiger partial charge in [0, 0.05) is 6.42 Å². The predicted molar refractivity (Wildman–Crippen MR) is 65.4 cm³/mol. The molecule has 2 rings (SSSR count). The molecule has 1 aliphatic rings. The summed E-state index contributed by atoms with van der Waals surface area (Å²) in [4.78, 5) is 11.6. The van der Waals surface area contributed by atoms with Gasteiger partial charge in [0.05, 0.1) is 17.2 Å². The highest BCUT2D eigenvalue weighted by Gasteiger charge is 2.42. The number of carbonyl (C=O) groups is 1. The van der Waals surface area contributed by atoms with Crippen molar-refractivity contribution < 1.29 is 27.4 Å². The standard InChI is InChI=1S/C14H12F3NO3/c1-13(2)6-11(12(19)21-13)20-9-4-3-8(7-18)10(5-9)14(15,16)17/h3-5,11H,6H2,1-2H3. The van der Waals surface area contributed by atoms with E-state index < -0.39 is 35.0 Å². The van der Waals surface area contributed by atoms with Crippen molar-refractivity contribution in [2.75, 3.05) is 0 Å². The molecular weight excluding hydrogens is 287 g/mol. The molecule has 21 heavy (non-hydrogen) atoms. The minimum atomic E-state index is -4.67. The van der Waals surface area contributed by atoms with Crippen LogP contribution < -0.4 is 4.74 Å². The number of carbonyl (C=O) groups excluding carboxylic acids is 1. The first-order valence-electron chi connectivity index (χ1n) is 6.13. The fraction of sp³-hybridized carbons (Fsp3) is 0.429. The Morgan fingerprint density at radius 2 is 2.10 bits per heavy atom. The molecule has 0 N–H and O–H groups in total. The second-order valence-corrected chi connectivity index (χ2v) is 5.31. The van der Waals surface area contributed by atoms with E-state index in [9.17, 15) is 18.0 Å². The summed E-state index contributed by atoms with van der Waals surface area (Å²) in [5.74, 6) is -0.737. The summed E-state index contributed by atoms with van der Waals surface area (Å²) < 4.78 is 48.8. The van der Waals surface area contributed by atoms with Crippen molar-refractivity contribution in [1.82, 2.24) is 0 Å². The summed E-state index contributed by atoms with van der Waals surface area (Å²) >= 11 is 0. The molecule has 0 aliphatic carbocycles. The Morgan fingerprint density at radius 3 is 2.57 bits per heavy atom. The lowest BCUT2D eigenvalue weighted by Gasteiger charge is -2.15. The first kappa shape index (κ1) is 15.2. The average molecular weight is 299 g/mol. The molecule has 112 valence electrons. The Kier molecular flexibility index (Phi) is 3.58. The Morgan fingerprint density at radius 1 is 1.43 bits per heavy atom. The molecule has 7 heteroatoms. The van der Waals surface area contributed by atoms with Gasteiger partial charge in [0.2, 0.25) is 0 Å². The number of halogens is 3. The smallest absolute Gasteiger partial charge is 0.417 e. The Labute approximate surface area is 119 Å². The number of rotatable bonds is 2. The summed E-state index contributed by atoms with van der Waals surface area (Å²) in [5.41, 5.74) is -2.29. The zero-order valence-corrected chi connectivity index (χ0v) is 11.3. The van der Waals surface area contributed by atoms with Gasteiger partial charge < -0.3 is 9.47 Å². The van der Waals surface area contributed by atoms with Gasteiger partial charge in [-0.25, -0.2) is 4.79 Å². The molecule has 0 bridgehead atoms. The van der Waals surface area contributed by atoms with Gasteiger partial charge >= 0.3 is 12.1 Å². The molecule has 1 saturated heterocycles. The summed E-state index contributed by atoms with van der Waals surface area (Å²) in [7, 11) is 0. The third kappa shape index (κ3) is 3.27. The topological polar surface area (TPSA) is 59.3 Å². The Balaban J connectivity index is 2.27. The molecule has 1 aromatic carbocycles. The molecule has 0 radical (unpaired) electrons. The van der Waals surface area contributed by atoms with Gasteiger partial charge in [0.15, 0.2) is 6.10 Å². The van der Waals surface area contributed by atoms with Gasteiger partial charge in [0.1, 0.15) is 11.4 Å². The van der Waals surface area contributed by atoms with Crippen LogP contribution in [0.15, 0.2) is 18.2 Å². The number of esters is 1. The molecule has 1 heterocycles. The summed E-state index contributed by atoms with van der Waals surface area (Å²) in [6.07, 6.45) is -5.37. The van der Waals surface area contributed by atoms with Crippen molar-refractivity contribution in [3.8, 4) is 11.8 Å². The van der Waals surface area contributed by atoms with Crippen LogP contribution in [0.2, 0.25) is 0 Å². The van der Waals surface area contributed by atoms with Crippen LogP contribution in [0.4, 0.5) is 13.2 Å². The number of hydrogen-bond donors (Lipinski definition) is 0. The summed E-state index contributed by atoms with van der Waals surface area (Å²) in [6.45, 7) is 3.38. The van der Waals surface area contributed by atoms with E-state index in [2.05, 4.69) is 0 Å². The molecule has 1 unspecified atom stereocenters. The van der Waals surface area contributed by atoms with E-state index >= 15 is 0 Å². The van der Waals surface area contributed by atoms with Crippen LogP contribution in [0.1, 0.15) is 31.4 Å². The fourth-order valence-electron chi connectivity index (χ4n) is 2.09. The van der Waals surface area contributed by atoms with Crippen LogP contribution in [-0.4, -0.2) is 17.7 Å². The molecule has 0 spiro atoms. The van der Waals surface area contributed by atoms with Crippen molar-refractivity contribution in [3.63, 3.8) is 0 Å². The first-order chi connectivity index (χ1) is 9.62. The van der Waals surface area contributed by atoms with Crippen LogP contribution >= 0.6 is 0 Å². The minimum Gasteiger partial charge on any atom is -0.479 e. The van der Waals surface area contributed by atoms with Gasteiger partial charge in [-0.3, -0.25) is 0 Å². The third-order valence-electron chi connectivity index (χ3n) is 3.01.